The van der Waals surface area contributed by atoms with Gasteiger partial charge in [0.25, 0.3) is 11.7 Å². The molecule has 3 aliphatic heterocycles. The number of allylic oxidation sites excluding steroid dienone is 6. The Kier molecular flexibility index (Phi) is 20.1. The number of rotatable bonds is 5. The van der Waals surface area contributed by atoms with Crippen molar-refractivity contribution >= 4 is 29.2 Å². The summed E-state index contributed by atoms with van der Waals surface area (Å²) < 4.78 is 23.8. The fourth-order valence-electron chi connectivity index (χ4n) is 9.78. The highest BCUT2D eigenvalue weighted by molar-refractivity contribution is 6.39. The lowest BCUT2D eigenvalue weighted by atomic mass is 9.78. The molecular formula is C50H77NO12. The van der Waals surface area contributed by atoms with Crippen molar-refractivity contribution in [2.75, 3.05) is 20.8 Å². The van der Waals surface area contributed by atoms with Gasteiger partial charge in [-0.05, 0) is 107 Å². The largest absolute Gasteiger partial charge is 0.460 e. The minimum absolute atomic E-state index is 0.0725. The van der Waals surface area contributed by atoms with Crippen LogP contribution in [0.2, 0.25) is 0 Å². The number of hydrogen-bond acceptors (Lipinski definition) is 12. The fraction of sp³-hybridized carbons (Fsp3) is 0.740. The van der Waals surface area contributed by atoms with Crippen LogP contribution >= 0.6 is 0 Å². The molecule has 13 nitrogen and oxygen atoms in total. The molecule has 14 unspecified atom stereocenters. The molecule has 3 fully saturated rings. The van der Waals surface area contributed by atoms with Gasteiger partial charge in [-0.25, -0.2) is 4.79 Å². The second kappa shape index (κ2) is 24.3. The number of nitrogens with zero attached hydrogens (tertiary/aromatic N) is 1. The average molecular weight is 884 g/mol. The summed E-state index contributed by atoms with van der Waals surface area (Å²) in [6.07, 6.45) is 13.0. The van der Waals surface area contributed by atoms with Crippen LogP contribution in [0.3, 0.4) is 0 Å². The van der Waals surface area contributed by atoms with Crippen molar-refractivity contribution < 1.29 is 58.2 Å². The highest BCUT2D eigenvalue weighted by Crippen LogP contribution is 2.37. The molecule has 1 saturated carbocycles. The molecule has 0 radical (unpaired) electrons. The quantitative estimate of drug-likeness (QED) is 0.154. The molecule has 14 atom stereocenters. The first kappa shape index (κ1) is 52.3. The predicted molar refractivity (Wildman–Crippen MR) is 239 cm³/mol. The van der Waals surface area contributed by atoms with E-state index in [0.29, 0.717) is 63.4 Å². The number of ether oxygens (including phenoxy) is 4. The van der Waals surface area contributed by atoms with Crippen LogP contribution in [0.5, 0.6) is 0 Å². The first-order valence-corrected chi connectivity index (χ1v) is 23.4. The van der Waals surface area contributed by atoms with Gasteiger partial charge in [-0.3, -0.25) is 19.2 Å². The normalized spacial score (nSPS) is 38.8. The van der Waals surface area contributed by atoms with Crippen molar-refractivity contribution in [3.8, 4) is 0 Å². The van der Waals surface area contributed by atoms with E-state index in [4.69, 9.17) is 18.9 Å². The molecule has 3 heterocycles. The van der Waals surface area contributed by atoms with Crippen molar-refractivity contribution in [3.05, 3.63) is 47.6 Å². The number of methoxy groups -OCH3 is 2. The molecule has 63 heavy (non-hydrogen) atoms. The summed E-state index contributed by atoms with van der Waals surface area (Å²) in [5.41, 5.74) is 1.39. The van der Waals surface area contributed by atoms with E-state index < -0.39 is 71.8 Å². The molecule has 1 aliphatic carbocycles. The summed E-state index contributed by atoms with van der Waals surface area (Å²) in [6.45, 7) is 12.9. The Morgan fingerprint density at radius 2 is 1.57 bits per heavy atom. The lowest BCUT2D eigenvalue weighted by Gasteiger charge is -2.42. The number of fused-ring (bicyclic) bond motifs is 3. The van der Waals surface area contributed by atoms with E-state index >= 15 is 0 Å². The number of amides is 1. The maximum absolute atomic E-state index is 14.3. The zero-order chi connectivity index (χ0) is 46.6. The van der Waals surface area contributed by atoms with E-state index in [1.807, 2.05) is 58.1 Å². The van der Waals surface area contributed by atoms with E-state index in [2.05, 4.69) is 0 Å². The molecule has 4 rings (SSSR count). The van der Waals surface area contributed by atoms with Gasteiger partial charge in [0.1, 0.15) is 23.7 Å². The molecule has 0 aromatic heterocycles. The molecule has 4 aliphatic rings. The van der Waals surface area contributed by atoms with Gasteiger partial charge in [0.15, 0.2) is 0 Å². The number of aliphatic hydroxyl groups is 3. The van der Waals surface area contributed by atoms with Crippen LogP contribution in [0.1, 0.15) is 132 Å². The Labute approximate surface area is 375 Å². The number of carbonyl (C=O) groups excluding carboxylic acids is 5. The number of piperidine rings is 1. The molecule has 2 bridgehead atoms. The van der Waals surface area contributed by atoms with Crippen molar-refractivity contribution in [2.45, 2.75) is 180 Å². The Balaban J connectivity index is 1.67. The molecule has 0 spiro atoms. The fourth-order valence-corrected chi connectivity index (χ4v) is 9.78. The maximum atomic E-state index is 14.3. The third-order valence-electron chi connectivity index (χ3n) is 14.2. The Hall–Kier alpha value is -3.33. The van der Waals surface area contributed by atoms with Crippen LogP contribution in [0.15, 0.2) is 47.6 Å². The zero-order valence-electron chi connectivity index (χ0n) is 39.3. The van der Waals surface area contributed by atoms with E-state index in [9.17, 15) is 39.3 Å². The van der Waals surface area contributed by atoms with Crippen molar-refractivity contribution in [1.29, 1.82) is 0 Å². The third-order valence-corrected chi connectivity index (χ3v) is 14.2. The minimum atomic E-state index is -2.42. The smallest absolute Gasteiger partial charge is 0.329 e. The topological polar surface area (TPSA) is 186 Å². The summed E-state index contributed by atoms with van der Waals surface area (Å²) in [4.78, 5) is 71.1. The summed E-state index contributed by atoms with van der Waals surface area (Å²) >= 11 is 0. The average Bonchev–Trinajstić information content (AvgIpc) is 3.25. The molecule has 3 N–H and O–H groups in total. The third kappa shape index (κ3) is 14.3. The molecule has 0 aromatic rings. The van der Waals surface area contributed by atoms with Gasteiger partial charge < -0.3 is 39.2 Å². The number of Topliss-reactive ketones (excluding diaryl/α,β-unsaturated/α-hetero) is 3. The number of hydrogen-bond donors (Lipinski definition) is 3. The lowest BCUT2D eigenvalue weighted by molar-refractivity contribution is -0.265. The van der Waals surface area contributed by atoms with Crippen LogP contribution in [-0.2, 0) is 42.9 Å². The van der Waals surface area contributed by atoms with E-state index in [1.165, 1.54) is 4.90 Å². The van der Waals surface area contributed by atoms with Gasteiger partial charge >= 0.3 is 5.97 Å². The lowest BCUT2D eigenvalue weighted by Crippen LogP contribution is -2.61. The van der Waals surface area contributed by atoms with Crippen molar-refractivity contribution in [1.82, 2.24) is 4.90 Å². The summed E-state index contributed by atoms with van der Waals surface area (Å²) in [6, 6.07) is -1.12. The minimum Gasteiger partial charge on any atom is -0.460 e. The Bertz CT molecular complexity index is 1700. The number of ketones is 3. The molecule has 0 aromatic carbocycles. The standard InChI is InChI=1S/C50H77NO12/c1-30-15-11-10-12-16-31(2)44(60-8)27-38-20-18-36(7)50(59,63-38)47(56)48(57)51-22-14-13-17-39(51)49(58)62-45(35(6)25-37-19-21-40(52)46(26-37)61-9)29-43(55)34(5)24-33(4)42(54)28-41(53)32(3)23-30/h10-12,15-16,24,30,32,34-40,42,44-46,52,54,59H,13-14,17-23,25-29H2,1-9H3/b12-10?,15-11-,31-16?,33-24-. The van der Waals surface area contributed by atoms with Gasteiger partial charge in [0.2, 0.25) is 5.79 Å². The van der Waals surface area contributed by atoms with Gasteiger partial charge in [-0.1, -0.05) is 71.1 Å². The number of aliphatic hydroxyl groups excluding tert-OH is 2. The first-order chi connectivity index (χ1) is 29.8. The second-order valence-corrected chi connectivity index (χ2v) is 19.3. The Morgan fingerprint density at radius 1 is 0.841 bits per heavy atom. The molecule has 354 valence electrons. The van der Waals surface area contributed by atoms with Gasteiger partial charge in [-0.2, -0.15) is 0 Å². The Morgan fingerprint density at radius 3 is 2.27 bits per heavy atom. The van der Waals surface area contributed by atoms with Crippen molar-refractivity contribution in [3.63, 3.8) is 0 Å². The van der Waals surface area contributed by atoms with Gasteiger partial charge in [-0.15, -0.1) is 0 Å². The van der Waals surface area contributed by atoms with Gasteiger partial charge in [0.05, 0.1) is 30.5 Å². The maximum Gasteiger partial charge on any atom is 0.329 e. The summed E-state index contributed by atoms with van der Waals surface area (Å²) in [7, 11) is 3.15. The van der Waals surface area contributed by atoms with Crippen LogP contribution in [0, 0.1) is 35.5 Å². The van der Waals surface area contributed by atoms with Crippen LogP contribution in [-0.4, -0.2) is 119 Å². The van der Waals surface area contributed by atoms with Crippen LogP contribution < -0.4 is 0 Å². The molecule has 2 saturated heterocycles. The van der Waals surface area contributed by atoms with Gasteiger partial charge in [0, 0.05) is 57.8 Å². The van der Waals surface area contributed by atoms with E-state index in [-0.39, 0.29) is 67.1 Å². The second-order valence-electron chi connectivity index (χ2n) is 19.3. The van der Waals surface area contributed by atoms with E-state index in [0.717, 1.165) is 12.0 Å². The van der Waals surface area contributed by atoms with E-state index in [1.54, 1.807) is 41.1 Å². The number of esters is 1. The molecule has 13 heteroatoms. The first-order valence-electron chi connectivity index (χ1n) is 23.4. The zero-order valence-corrected chi connectivity index (χ0v) is 39.3. The summed E-state index contributed by atoms with van der Waals surface area (Å²) in [5, 5.41) is 33.5. The number of cyclic esters (lactones) is 1. The SMILES string of the molecule is COC1CC2CCC(C)C(O)(O2)C(=O)C(=O)N2CCCCC2C(=O)OC(C(C)CC2CCC(O)C(OC)C2)CC(=O)C(C)/C=C(/C)C(O)CC(=O)C(C)CC(C)/C=C\C=CC=C1C. The molecular weight excluding hydrogens is 807 g/mol. The predicted octanol–water partition coefficient (Wildman–Crippen LogP) is 6.56. The highest BCUT2D eigenvalue weighted by Gasteiger charge is 2.53. The number of carbonyl (C=O) groups is 5. The summed E-state index contributed by atoms with van der Waals surface area (Å²) in [5.74, 6) is -7.36. The van der Waals surface area contributed by atoms with Crippen molar-refractivity contribution in [2.24, 2.45) is 35.5 Å². The van der Waals surface area contributed by atoms with Crippen LogP contribution in [0.4, 0.5) is 0 Å². The highest BCUT2D eigenvalue weighted by atomic mass is 16.6. The van der Waals surface area contributed by atoms with Crippen LogP contribution in [0.25, 0.3) is 0 Å². The molecule has 1 amide bonds. The monoisotopic (exact) mass is 884 g/mol.